The number of benzene rings is 1. The van der Waals surface area contributed by atoms with E-state index in [1.165, 1.54) is 12.1 Å². The van der Waals surface area contributed by atoms with Crippen LogP contribution in [-0.4, -0.2) is 32.2 Å². The highest BCUT2D eigenvalue weighted by atomic mass is 32.2. The minimum absolute atomic E-state index is 0.134. The van der Waals surface area contributed by atoms with Gasteiger partial charge >= 0.3 is 0 Å². The third-order valence-electron chi connectivity index (χ3n) is 2.65. The molecule has 0 atom stereocenters. The Labute approximate surface area is 125 Å². The summed E-state index contributed by atoms with van der Waals surface area (Å²) in [6.07, 6.45) is 0. The van der Waals surface area contributed by atoms with E-state index >= 15 is 0 Å². The second kappa shape index (κ2) is 6.62. The van der Waals surface area contributed by atoms with Crippen molar-refractivity contribution in [2.24, 2.45) is 5.73 Å². The lowest BCUT2D eigenvalue weighted by molar-refractivity contribution is -0.00515. The van der Waals surface area contributed by atoms with Gasteiger partial charge in [-0.1, -0.05) is 24.4 Å². The van der Waals surface area contributed by atoms with Crippen LogP contribution < -0.4 is 10.5 Å². The van der Waals surface area contributed by atoms with Gasteiger partial charge in [0.05, 0.1) is 10.5 Å². The van der Waals surface area contributed by atoms with E-state index in [2.05, 4.69) is 4.72 Å². The molecule has 0 heterocycles. The van der Waals surface area contributed by atoms with Crippen LogP contribution in [0.1, 0.15) is 26.3 Å². The van der Waals surface area contributed by atoms with Gasteiger partial charge in [-0.05, 0) is 32.9 Å². The van der Waals surface area contributed by atoms with Gasteiger partial charge in [-0.2, -0.15) is 0 Å². The zero-order chi connectivity index (χ0) is 15.4. The van der Waals surface area contributed by atoms with Crippen molar-refractivity contribution in [1.82, 2.24) is 4.72 Å². The maximum absolute atomic E-state index is 12.2. The number of nitrogens with two attached hydrogens (primary N) is 1. The fourth-order valence-corrected chi connectivity index (χ4v) is 2.98. The van der Waals surface area contributed by atoms with Gasteiger partial charge in [0.15, 0.2) is 0 Å². The number of nitrogens with one attached hydrogen (secondary N) is 1. The molecule has 1 aromatic rings. The first-order chi connectivity index (χ1) is 9.18. The van der Waals surface area contributed by atoms with E-state index in [-0.39, 0.29) is 16.4 Å². The molecule has 0 aliphatic rings. The first kappa shape index (κ1) is 17.0. The lowest BCUT2D eigenvalue weighted by Crippen LogP contribution is -2.40. The molecule has 112 valence electrons. The fourth-order valence-electron chi connectivity index (χ4n) is 1.61. The molecule has 0 saturated heterocycles. The van der Waals surface area contributed by atoms with E-state index < -0.39 is 15.6 Å². The Morgan fingerprint density at radius 1 is 1.45 bits per heavy atom. The Hall–Kier alpha value is -1.02. The Kier molecular flexibility index (Phi) is 5.64. The second-order valence-electron chi connectivity index (χ2n) is 4.91. The van der Waals surface area contributed by atoms with Crippen LogP contribution in [0.25, 0.3) is 0 Å². The molecule has 5 nitrogen and oxygen atoms in total. The molecular weight excluding hydrogens is 296 g/mol. The van der Waals surface area contributed by atoms with E-state index in [9.17, 15) is 8.42 Å². The van der Waals surface area contributed by atoms with Crippen molar-refractivity contribution in [2.75, 3.05) is 13.2 Å². The average Bonchev–Trinajstić information content (AvgIpc) is 2.37. The molecular formula is C13H20N2O3S2. The SMILES string of the molecule is CCOC(C)(C)CNS(=O)(=O)c1cccc(C(N)=S)c1. The van der Waals surface area contributed by atoms with E-state index in [0.717, 1.165) is 0 Å². The van der Waals surface area contributed by atoms with Gasteiger partial charge in [0.1, 0.15) is 4.99 Å². The van der Waals surface area contributed by atoms with Gasteiger partial charge in [0.25, 0.3) is 0 Å². The van der Waals surface area contributed by atoms with Crippen molar-refractivity contribution in [2.45, 2.75) is 31.3 Å². The minimum Gasteiger partial charge on any atom is -0.389 e. The first-order valence-corrected chi connectivity index (χ1v) is 8.10. The lowest BCUT2D eigenvalue weighted by atomic mass is 10.1. The monoisotopic (exact) mass is 316 g/mol. The Morgan fingerprint density at radius 2 is 2.10 bits per heavy atom. The Bertz CT molecular complexity index is 583. The van der Waals surface area contributed by atoms with Crippen LogP contribution >= 0.6 is 12.2 Å². The molecule has 20 heavy (non-hydrogen) atoms. The van der Waals surface area contributed by atoms with Crippen molar-refractivity contribution in [3.63, 3.8) is 0 Å². The highest BCUT2D eigenvalue weighted by Gasteiger charge is 2.22. The largest absolute Gasteiger partial charge is 0.389 e. The summed E-state index contributed by atoms with van der Waals surface area (Å²) in [7, 11) is -3.61. The standard InChI is InChI=1S/C13H20N2O3S2/c1-4-18-13(2,3)9-15-20(16,17)11-7-5-6-10(8-11)12(14)19/h5-8,15H,4,9H2,1-3H3,(H2,14,19). The summed E-state index contributed by atoms with van der Waals surface area (Å²) in [6.45, 7) is 6.21. The molecule has 0 aromatic heterocycles. The van der Waals surface area contributed by atoms with Crippen molar-refractivity contribution >= 4 is 27.2 Å². The van der Waals surface area contributed by atoms with Crippen LogP contribution in [0, 0.1) is 0 Å². The van der Waals surface area contributed by atoms with Gasteiger partial charge in [-0.15, -0.1) is 0 Å². The van der Waals surface area contributed by atoms with E-state index in [4.69, 9.17) is 22.7 Å². The van der Waals surface area contributed by atoms with Crippen molar-refractivity contribution in [3.8, 4) is 0 Å². The fraction of sp³-hybridized carbons (Fsp3) is 0.462. The van der Waals surface area contributed by atoms with Crippen LogP contribution in [0.2, 0.25) is 0 Å². The molecule has 0 unspecified atom stereocenters. The third kappa shape index (κ3) is 4.82. The molecule has 0 saturated carbocycles. The molecule has 1 rings (SSSR count). The molecule has 0 aliphatic carbocycles. The van der Waals surface area contributed by atoms with E-state index in [1.54, 1.807) is 12.1 Å². The summed E-state index contributed by atoms with van der Waals surface area (Å²) >= 11 is 4.85. The highest BCUT2D eigenvalue weighted by Crippen LogP contribution is 2.13. The van der Waals surface area contributed by atoms with Crippen LogP contribution in [-0.2, 0) is 14.8 Å². The Balaban J connectivity index is 2.89. The smallest absolute Gasteiger partial charge is 0.240 e. The van der Waals surface area contributed by atoms with Gasteiger partial charge in [0, 0.05) is 18.7 Å². The van der Waals surface area contributed by atoms with Gasteiger partial charge < -0.3 is 10.5 Å². The van der Waals surface area contributed by atoms with Gasteiger partial charge in [-0.25, -0.2) is 13.1 Å². The number of rotatable bonds is 7. The Morgan fingerprint density at radius 3 is 2.65 bits per heavy atom. The summed E-state index contributed by atoms with van der Waals surface area (Å²) < 4.78 is 32.4. The topological polar surface area (TPSA) is 81.4 Å². The quantitative estimate of drug-likeness (QED) is 0.744. The number of thiocarbonyl (C=S) groups is 1. The highest BCUT2D eigenvalue weighted by molar-refractivity contribution is 7.89. The predicted octanol–water partition coefficient (Wildman–Crippen LogP) is 1.41. The molecule has 1 aromatic carbocycles. The summed E-state index contributed by atoms with van der Waals surface area (Å²) in [4.78, 5) is 0.298. The minimum atomic E-state index is -3.61. The zero-order valence-electron chi connectivity index (χ0n) is 11.8. The van der Waals surface area contributed by atoms with Crippen molar-refractivity contribution < 1.29 is 13.2 Å². The van der Waals surface area contributed by atoms with Crippen molar-refractivity contribution in [1.29, 1.82) is 0 Å². The maximum atomic E-state index is 12.2. The number of hydrogen-bond donors (Lipinski definition) is 2. The summed E-state index contributed by atoms with van der Waals surface area (Å²) in [6, 6.07) is 6.23. The first-order valence-electron chi connectivity index (χ1n) is 6.21. The number of sulfonamides is 1. The van der Waals surface area contributed by atoms with E-state index in [1.807, 2.05) is 20.8 Å². The van der Waals surface area contributed by atoms with Crippen LogP contribution in [0.15, 0.2) is 29.2 Å². The molecule has 0 amide bonds. The molecule has 0 fully saturated rings. The number of hydrogen-bond acceptors (Lipinski definition) is 4. The molecule has 7 heteroatoms. The molecule has 0 spiro atoms. The second-order valence-corrected chi connectivity index (χ2v) is 7.12. The molecule has 0 bridgehead atoms. The van der Waals surface area contributed by atoms with Crippen LogP contribution in [0.3, 0.4) is 0 Å². The van der Waals surface area contributed by atoms with Crippen LogP contribution in [0.5, 0.6) is 0 Å². The number of ether oxygens (including phenoxy) is 1. The lowest BCUT2D eigenvalue weighted by Gasteiger charge is -2.24. The summed E-state index contributed by atoms with van der Waals surface area (Å²) in [5, 5.41) is 0. The third-order valence-corrected chi connectivity index (χ3v) is 4.29. The normalized spacial score (nSPS) is 12.3. The van der Waals surface area contributed by atoms with Crippen molar-refractivity contribution in [3.05, 3.63) is 29.8 Å². The maximum Gasteiger partial charge on any atom is 0.240 e. The predicted molar refractivity (Wildman–Crippen MR) is 83.2 cm³/mol. The van der Waals surface area contributed by atoms with E-state index in [0.29, 0.717) is 12.2 Å². The summed E-state index contributed by atoms with van der Waals surface area (Å²) in [5.74, 6) is 0. The molecule has 0 radical (unpaired) electrons. The molecule has 3 N–H and O–H groups in total. The zero-order valence-corrected chi connectivity index (χ0v) is 13.5. The van der Waals surface area contributed by atoms with Gasteiger partial charge in [0.2, 0.25) is 10.0 Å². The van der Waals surface area contributed by atoms with Crippen LogP contribution in [0.4, 0.5) is 0 Å². The molecule has 0 aliphatic heterocycles. The summed E-state index contributed by atoms with van der Waals surface area (Å²) in [5.41, 5.74) is 5.46. The van der Waals surface area contributed by atoms with Gasteiger partial charge in [-0.3, -0.25) is 0 Å². The average molecular weight is 316 g/mol.